The van der Waals surface area contributed by atoms with Crippen LogP contribution in [-0.4, -0.2) is 57.1 Å². The molecule has 1 amide bonds. The van der Waals surface area contributed by atoms with E-state index < -0.39 is 30.1 Å². The Bertz CT molecular complexity index is 679. The third-order valence-electron chi connectivity index (χ3n) is 5.38. The summed E-state index contributed by atoms with van der Waals surface area (Å²) in [6.07, 6.45) is 3.73. The van der Waals surface area contributed by atoms with Crippen molar-refractivity contribution in [2.45, 2.75) is 76.5 Å². The summed E-state index contributed by atoms with van der Waals surface area (Å²) in [6.45, 7) is 3.47. The summed E-state index contributed by atoms with van der Waals surface area (Å²) in [5.41, 5.74) is 1.03. The highest BCUT2D eigenvalue weighted by molar-refractivity contribution is 5.87. The van der Waals surface area contributed by atoms with Crippen molar-refractivity contribution in [1.29, 1.82) is 0 Å². The van der Waals surface area contributed by atoms with Crippen LogP contribution in [-0.2, 0) is 20.8 Å². The molecule has 1 aliphatic heterocycles. The molecule has 7 heteroatoms. The van der Waals surface area contributed by atoms with Gasteiger partial charge < -0.3 is 15.1 Å². The number of benzene rings is 1. The Labute approximate surface area is 165 Å². The van der Waals surface area contributed by atoms with E-state index in [2.05, 4.69) is 5.32 Å². The van der Waals surface area contributed by atoms with Crippen molar-refractivity contribution in [3.63, 3.8) is 0 Å². The van der Waals surface area contributed by atoms with Gasteiger partial charge in [0.1, 0.15) is 12.1 Å². The highest BCUT2D eigenvalue weighted by Crippen LogP contribution is 2.23. The number of likely N-dealkylation sites (tertiary alicyclic amines) is 1. The van der Waals surface area contributed by atoms with Crippen molar-refractivity contribution in [2.75, 3.05) is 0 Å². The second kappa shape index (κ2) is 10.2. The van der Waals surface area contributed by atoms with Gasteiger partial charge in [-0.1, -0.05) is 43.2 Å². The summed E-state index contributed by atoms with van der Waals surface area (Å²) in [6, 6.07) is 6.86. The molecule has 1 saturated heterocycles. The number of hydrogen-bond acceptors (Lipinski definition) is 4. The fourth-order valence-corrected chi connectivity index (χ4v) is 3.81. The Morgan fingerprint density at radius 3 is 2.39 bits per heavy atom. The van der Waals surface area contributed by atoms with Gasteiger partial charge in [0.15, 0.2) is 0 Å². The molecule has 1 heterocycles. The number of carboxylic acids is 2. The Morgan fingerprint density at radius 1 is 1.14 bits per heavy atom. The molecular weight excluding hydrogens is 360 g/mol. The molecule has 0 bridgehead atoms. The van der Waals surface area contributed by atoms with Crippen LogP contribution in [0.3, 0.4) is 0 Å². The third-order valence-corrected chi connectivity index (χ3v) is 5.38. The lowest BCUT2D eigenvalue weighted by Crippen LogP contribution is -2.56. The minimum absolute atomic E-state index is 0.187. The number of carbonyl (C=O) groups is 3. The summed E-state index contributed by atoms with van der Waals surface area (Å²) in [7, 11) is 0. The van der Waals surface area contributed by atoms with Crippen molar-refractivity contribution in [1.82, 2.24) is 10.2 Å². The molecule has 28 heavy (non-hydrogen) atoms. The first-order valence-corrected chi connectivity index (χ1v) is 9.89. The molecule has 4 atom stereocenters. The quantitative estimate of drug-likeness (QED) is 0.629. The zero-order valence-corrected chi connectivity index (χ0v) is 16.5. The van der Waals surface area contributed by atoms with Gasteiger partial charge in [-0.05, 0) is 45.1 Å². The summed E-state index contributed by atoms with van der Waals surface area (Å²) in [5.74, 6) is -2.38. The van der Waals surface area contributed by atoms with Crippen LogP contribution in [0.15, 0.2) is 30.3 Å². The van der Waals surface area contributed by atoms with Crippen LogP contribution in [0, 0.1) is 0 Å². The van der Waals surface area contributed by atoms with E-state index in [9.17, 15) is 24.6 Å². The van der Waals surface area contributed by atoms with E-state index >= 15 is 0 Å². The topological polar surface area (TPSA) is 107 Å². The summed E-state index contributed by atoms with van der Waals surface area (Å²) < 4.78 is 0. The number of carbonyl (C=O) groups excluding carboxylic acids is 1. The standard InChI is InChI=1S/C21H30N2O5/c1-14-8-6-7-11-18(21(27)28)23(14)19(24)15(2)22-17(20(25)26)13-12-16-9-4-3-5-10-16/h3-5,9-10,14-15,17-18,22H,6-8,11-13H2,1-2H3,(H,25,26)(H,27,28). The van der Waals surface area contributed by atoms with Crippen LogP contribution in [0.4, 0.5) is 0 Å². The predicted octanol–water partition coefficient (Wildman–Crippen LogP) is 2.29. The molecule has 154 valence electrons. The first kappa shape index (κ1) is 21.9. The maximum Gasteiger partial charge on any atom is 0.326 e. The molecule has 3 N–H and O–H groups in total. The summed E-state index contributed by atoms with van der Waals surface area (Å²) >= 11 is 0. The van der Waals surface area contributed by atoms with E-state index in [-0.39, 0.29) is 11.9 Å². The van der Waals surface area contributed by atoms with E-state index in [1.165, 1.54) is 4.90 Å². The zero-order valence-electron chi connectivity index (χ0n) is 16.5. The molecule has 2 rings (SSSR count). The van der Waals surface area contributed by atoms with E-state index in [1.807, 2.05) is 37.3 Å². The minimum atomic E-state index is -1.02. The highest BCUT2D eigenvalue weighted by Gasteiger charge is 2.37. The van der Waals surface area contributed by atoms with Gasteiger partial charge in [0.25, 0.3) is 0 Å². The van der Waals surface area contributed by atoms with Gasteiger partial charge in [-0.25, -0.2) is 4.79 Å². The SMILES string of the molecule is CC(NC(CCc1ccccc1)C(=O)O)C(=O)N1C(C)CCCCC1C(=O)O. The van der Waals surface area contributed by atoms with E-state index in [0.717, 1.165) is 24.8 Å². The van der Waals surface area contributed by atoms with Crippen molar-refractivity contribution < 1.29 is 24.6 Å². The first-order chi connectivity index (χ1) is 13.3. The number of rotatable bonds is 8. The number of nitrogens with one attached hydrogen (secondary N) is 1. The van der Waals surface area contributed by atoms with Gasteiger partial charge in [-0.15, -0.1) is 0 Å². The molecule has 4 unspecified atom stereocenters. The molecule has 1 aromatic rings. The summed E-state index contributed by atoms with van der Waals surface area (Å²) in [5, 5.41) is 22.0. The average molecular weight is 390 g/mol. The number of hydrogen-bond donors (Lipinski definition) is 3. The Kier molecular flexibility index (Phi) is 7.99. The second-order valence-electron chi connectivity index (χ2n) is 7.54. The molecular formula is C21H30N2O5. The normalized spacial score (nSPS) is 22.1. The third kappa shape index (κ3) is 5.79. The Balaban J connectivity index is 2.06. The van der Waals surface area contributed by atoms with Crippen LogP contribution < -0.4 is 5.32 Å². The average Bonchev–Trinajstić information content (AvgIpc) is 2.86. The number of nitrogens with zero attached hydrogens (tertiary/aromatic N) is 1. The fourth-order valence-electron chi connectivity index (χ4n) is 3.81. The molecule has 0 radical (unpaired) electrons. The molecule has 0 saturated carbocycles. The number of amides is 1. The lowest BCUT2D eigenvalue weighted by Gasteiger charge is -2.35. The van der Waals surface area contributed by atoms with Gasteiger partial charge in [0.2, 0.25) is 5.91 Å². The highest BCUT2D eigenvalue weighted by atomic mass is 16.4. The molecule has 0 aromatic heterocycles. The van der Waals surface area contributed by atoms with Gasteiger partial charge in [-0.3, -0.25) is 14.9 Å². The van der Waals surface area contributed by atoms with Crippen LogP contribution in [0.5, 0.6) is 0 Å². The molecule has 1 aliphatic rings. The number of aryl methyl sites for hydroxylation is 1. The molecule has 1 fully saturated rings. The summed E-state index contributed by atoms with van der Waals surface area (Å²) in [4.78, 5) is 37.8. The largest absolute Gasteiger partial charge is 0.480 e. The van der Waals surface area contributed by atoms with E-state index in [4.69, 9.17) is 0 Å². The lowest BCUT2D eigenvalue weighted by atomic mass is 10.0. The molecule has 0 spiro atoms. The van der Waals surface area contributed by atoms with Crippen LogP contribution in [0.1, 0.15) is 51.5 Å². The number of aliphatic carboxylic acids is 2. The maximum absolute atomic E-state index is 13.0. The van der Waals surface area contributed by atoms with Gasteiger partial charge in [0.05, 0.1) is 6.04 Å². The number of carboxylic acid groups (broad SMARTS) is 2. The Hall–Kier alpha value is -2.41. The molecule has 1 aromatic carbocycles. The monoisotopic (exact) mass is 390 g/mol. The predicted molar refractivity (Wildman–Crippen MR) is 105 cm³/mol. The smallest absolute Gasteiger partial charge is 0.326 e. The molecule has 0 aliphatic carbocycles. The molecule has 7 nitrogen and oxygen atoms in total. The van der Waals surface area contributed by atoms with Crippen LogP contribution in [0.25, 0.3) is 0 Å². The minimum Gasteiger partial charge on any atom is -0.480 e. The fraction of sp³-hybridized carbons (Fsp3) is 0.571. The first-order valence-electron chi connectivity index (χ1n) is 9.89. The van der Waals surface area contributed by atoms with Crippen LogP contribution >= 0.6 is 0 Å². The van der Waals surface area contributed by atoms with E-state index in [1.54, 1.807) is 6.92 Å². The van der Waals surface area contributed by atoms with E-state index in [0.29, 0.717) is 19.3 Å². The second-order valence-corrected chi connectivity index (χ2v) is 7.54. The van der Waals surface area contributed by atoms with Crippen molar-refractivity contribution in [2.24, 2.45) is 0 Å². The van der Waals surface area contributed by atoms with Crippen molar-refractivity contribution in [3.05, 3.63) is 35.9 Å². The van der Waals surface area contributed by atoms with Gasteiger partial charge in [-0.2, -0.15) is 0 Å². The van der Waals surface area contributed by atoms with Gasteiger partial charge >= 0.3 is 11.9 Å². The van der Waals surface area contributed by atoms with Crippen LogP contribution in [0.2, 0.25) is 0 Å². The van der Waals surface area contributed by atoms with Crippen molar-refractivity contribution >= 4 is 17.8 Å². The maximum atomic E-state index is 13.0. The zero-order chi connectivity index (χ0) is 20.7. The van der Waals surface area contributed by atoms with Crippen molar-refractivity contribution in [3.8, 4) is 0 Å². The Morgan fingerprint density at radius 2 is 1.79 bits per heavy atom. The van der Waals surface area contributed by atoms with Gasteiger partial charge in [0, 0.05) is 6.04 Å². The lowest BCUT2D eigenvalue weighted by molar-refractivity contribution is -0.153.